The number of carbonyl (C=O) groups is 1. The summed E-state index contributed by atoms with van der Waals surface area (Å²) in [4.78, 5) is 13.5. The minimum absolute atomic E-state index is 0.0623. The number of hydrogen-bond donors (Lipinski definition) is 1. The van der Waals surface area contributed by atoms with Crippen LogP contribution in [0.3, 0.4) is 0 Å². The van der Waals surface area contributed by atoms with Crippen molar-refractivity contribution in [1.29, 1.82) is 0 Å². The molecule has 1 aliphatic heterocycles. The largest absolute Gasteiger partial charge is 0.444 e. The first-order chi connectivity index (χ1) is 8.37. The highest BCUT2D eigenvalue weighted by molar-refractivity contribution is 5.69. The molecule has 0 bridgehead atoms. The van der Waals surface area contributed by atoms with Gasteiger partial charge in [0.1, 0.15) is 5.60 Å². The highest BCUT2D eigenvalue weighted by atomic mass is 16.6. The Labute approximate surface area is 108 Å². The second kappa shape index (κ2) is 6.20. The molecule has 1 saturated heterocycles. The molecule has 1 rings (SSSR count). The summed E-state index contributed by atoms with van der Waals surface area (Å²) in [5.74, 6) is 0. The van der Waals surface area contributed by atoms with Crippen molar-refractivity contribution in [2.45, 2.75) is 44.9 Å². The number of likely N-dealkylation sites (tertiary alicyclic amines) is 1. The predicted molar refractivity (Wildman–Crippen MR) is 68.4 cm³/mol. The number of aliphatic hydroxyl groups is 1. The molecule has 18 heavy (non-hydrogen) atoms. The van der Waals surface area contributed by atoms with E-state index >= 15 is 0 Å². The van der Waals surface area contributed by atoms with Crippen LogP contribution in [-0.2, 0) is 9.47 Å². The van der Waals surface area contributed by atoms with Gasteiger partial charge in [0.25, 0.3) is 0 Å². The van der Waals surface area contributed by atoms with Crippen molar-refractivity contribution < 1.29 is 19.4 Å². The minimum atomic E-state index is -0.531. The molecule has 0 aromatic carbocycles. The Bertz CT molecular complexity index is 298. The van der Waals surface area contributed by atoms with Crippen LogP contribution in [0.4, 0.5) is 4.79 Å². The summed E-state index contributed by atoms with van der Waals surface area (Å²) < 4.78 is 10.8. The van der Waals surface area contributed by atoms with E-state index in [0.29, 0.717) is 19.6 Å². The molecule has 0 radical (unpaired) electrons. The van der Waals surface area contributed by atoms with E-state index in [4.69, 9.17) is 9.47 Å². The van der Waals surface area contributed by atoms with Crippen molar-refractivity contribution in [3.8, 4) is 0 Å². The van der Waals surface area contributed by atoms with Gasteiger partial charge in [-0.05, 0) is 27.2 Å². The zero-order chi connectivity index (χ0) is 13.8. The first-order valence-electron chi connectivity index (χ1n) is 6.20. The van der Waals surface area contributed by atoms with Gasteiger partial charge >= 0.3 is 6.09 Å². The lowest BCUT2D eigenvalue weighted by atomic mass is 10.2. The summed E-state index contributed by atoms with van der Waals surface area (Å²) in [5.41, 5.74) is -0.531. The third-order valence-electron chi connectivity index (χ3n) is 2.66. The van der Waals surface area contributed by atoms with Crippen molar-refractivity contribution in [2.75, 3.05) is 19.8 Å². The van der Waals surface area contributed by atoms with E-state index in [1.165, 1.54) is 0 Å². The van der Waals surface area contributed by atoms with E-state index < -0.39 is 11.7 Å². The molecule has 104 valence electrons. The van der Waals surface area contributed by atoms with Crippen LogP contribution in [0, 0.1) is 0 Å². The fourth-order valence-electron chi connectivity index (χ4n) is 1.92. The lowest BCUT2D eigenvalue weighted by Gasteiger charge is -2.27. The first-order valence-corrected chi connectivity index (χ1v) is 6.20. The molecule has 1 heterocycles. The van der Waals surface area contributed by atoms with Crippen LogP contribution in [0.2, 0.25) is 0 Å². The summed E-state index contributed by atoms with van der Waals surface area (Å²) in [6, 6.07) is -0.227. The van der Waals surface area contributed by atoms with Gasteiger partial charge in [-0.15, -0.1) is 6.58 Å². The van der Waals surface area contributed by atoms with E-state index in [9.17, 15) is 9.90 Å². The lowest BCUT2D eigenvalue weighted by Crippen LogP contribution is -2.41. The Morgan fingerprint density at radius 2 is 2.22 bits per heavy atom. The van der Waals surface area contributed by atoms with Gasteiger partial charge in [-0.1, -0.05) is 6.08 Å². The molecule has 0 aromatic heterocycles. The number of hydrogen-bond acceptors (Lipinski definition) is 4. The molecular weight excluding hydrogens is 234 g/mol. The molecule has 1 aliphatic rings. The van der Waals surface area contributed by atoms with E-state index in [-0.39, 0.29) is 18.8 Å². The van der Waals surface area contributed by atoms with Crippen molar-refractivity contribution in [3.05, 3.63) is 12.7 Å². The van der Waals surface area contributed by atoms with Crippen LogP contribution in [0.5, 0.6) is 0 Å². The smallest absolute Gasteiger partial charge is 0.410 e. The van der Waals surface area contributed by atoms with Gasteiger partial charge in [0.05, 0.1) is 31.9 Å². The monoisotopic (exact) mass is 257 g/mol. The minimum Gasteiger partial charge on any atom is -0.444 e. The van der Waals surface area contributed by atoms with Crippen LogP contribution in [0.15, 0.2) is 12.7 Å². The lowest BCUT2D eigenvalue weighted by molar-refractivity contribution is 0.0145. The average Bonchev–Trinajstić information content (AvgIpc) is 2.67. The fraction of sp³-hybridized carbons (Fsp3) is 0.769. The number of amides is 1. The van der Waals surface area contributed by atoms with Crippen molar-refractivity contribution in [2.24, 2.45) is 0 Å². The second-order valence-corrected chi connectivity index (χ2v) is 5.45. The van der Waals surface area contributed by atoms with Gasteiger partial charge in [-0.25, -0.2) is 4.79 Å². The Morgan fingerprint density at radius 3 is 2.72 bits per heavy atom. The average molecular weight is 257 g/mol. The molecular formula is C13H23NO4. The van der Waals surface area contributed by atoms with E-state index in [2.05, 4.69) is 6.58 Å². The summed E-state index contributed by atoms with van der Waals surface area (Å²) >= 11 is 0. The standard InChI is InChI=1S/C13H23NO4/c1-5-6-17-11-7-10(9-15)14(8-11)12(16)18-13(2,3)4/h5,10-11,15H,1,6-9H2,2-4H3/t10-,11-/m1/s1. The summed E-state index contributed by atoms with van der Waals surface area (Å²) in [6.45, 7) is 9.87. The summed E-state index contributed by atoms with van der Waals surface area (Å²) in [6.07, 6.45) is 1.84. The molecule has 2 atom stereocenters. The third kappa shape index (κ3) is 4.31. The van der Waals surface area contributed by atoms with Gasteiger partial charge in [-0.3, -0.25) is 0 Å². The number of rotatable bonds is 4. The Hall–Kier alpha value is -1.07. The Kier molecular flexibility index (Phi) is 5.16. The molecule has 0 saturated carbocycles. The zero-order valence-electron chi connectivity index (χ0n) is 11.4. The van der Waals surface area contributed by atoms with E-state index in [1.807, 2.05) is 20.8 Å². The van der Waals surface area contributed by atoms with Crippen LogP contribution in [0.25, 0.3) is 0 Å². The maximum atomic E-state index is 12.0. The molecule has 5 heteroatoms. The van der Waals surface area contributed by atoms with Gasteiger partial charge in [0.2, 0.25) is 0 Å². The summed E-state index contributed by atoms with van der Waals surface area (Å²) in [5, 5.41) is 9.30. The van der Waals surface area contributed by atoms with Crippen molar-refractivity contribution in [1.82, 2.24) is 4.90 Å². The van der Waals surface area contributed by atoms with Crippen LogP contribution in [-0.4, -0.2) is 53.6 Å². The highest BCUT2D eigenvalue weighted by Gasteiger charge is 2.37. The molecule has 1 fully saturated rings. The van der Waals surface area contributed by atoms with Crippen molar-refractivity contribution in [3.63, 3.8) is 0 Å². The van der Waals surface area contributed by atoms with Crippen LogP contribution in [0.1, 0.15) is 27.2 Å². The van der Waals surface area contributed by atoms with E-state index in [0.717, 1.165) is 0 Å². The normalized spacial score (nSPS) is 24.1. The van der Waals surface area contributed by atoms with E-state index in [1.54, 1.807) is 11.0 Å². The molecule has 1 amide bonds. The quantitative estimate of drug-likeness (QED) is 0.776. The van der Waals surface area contributed by atoms with Gasteiger partial charge in [0.15, 0.2) is 0 Å². The SMILES string of the molecule is C=CCO[C@@H]1C[C@H](CO)N(C(=O)OC(C)(C)C)C1. The van der Waals surface area contributed by atoms with Gasteiger partial charge in [0, 0.05) is 0 Å². The third-order valence-corrected chi connectivity index (χ3v) is 2.66. The topological polar surface area (TPSA) is 59.0 Å². The fourth-order valence-corrected chi connectivity index (χ4v) is 1.92. The Morgan fingerprint density at radius 1 is 1.56 bits per heavy atom. The number of nitrogens with zero attached hydrogens (tertiary/aromatic N) is 1. The Balaban J connectivity index is 2.58. The second-order valence-electron chi connectivity index (χ2n) is 5.45. The number of ether oxygens (including phenoxy) is 2. The number of carbonyl (C=O) groups excluding carboxylic acids is 1. The first kappa shape index (κ1) is 15.0. The van der Waals surface area contributed by atoms with Crippen LogP contribution < -0.4 is 0 Å². The number of aliphatic hydroxyl groups excluding tert-OH is 1. The maximum Gasteiger partial charge on any atom is 0.410 e. The molecule has 0 aliphatic carbocycles. The van der Waals surface area contributed by atoms with Crippen LogP contribution >= 0.6 is 0 Å². The van der Waals surface area contributed by atoms with Crippen molar-refractivity contribution >= 4 is 6.09 Å². The summed E-state index contributed by atoms with van der Waals surface area (Å²) in [7, 11) is 0. The molecule has 1 N–H and O–H groups in total. The molecule has 0 aromatic rings. The highest BCUT2D eigenvalue weighted by Crippen LogP contribution is 2.22. The van der Waals surface area contributed by atoms with Gasteiger partial charge < -0.3 is 19.5 Å². The molecule has 0 spiro atoms. The zero-order valence-corrected chi connectivity index (χ0v) is 11.4. The van der Waals surface area contributed by atoms with Gasteiger partial charge in [-0.2, -0.15) is 0 Å². The molecule has 5 nitrogen and oxygen atoms in total. The molecule has 0 unspecified atom stereocenters. The maximum absolute atomic E-state index is 12.0. The predicted octanol–water partition coefficient (Wildman–Crippen LogP) is 1.56.